The Hall–Kier alpha value is -7.99. The van der Waals surface area contributed by atoms with Crippen LogP contribution in [0.1, 0.15) is 22.6 Å². The number of nitrogens with zero attached hydrogens (tertiary/aromatic N) is 3. The fourth-order valence-corrected chi connectivity index (χ4v) is 16.4. The molecule has 0 aromatic heterocycles. The van der Waals surface area contributed by atoms with Crippen molar-refractivity contribution < 1.29 is 0 Å². The molecule has 5 heteroatoms. The molecule has 10 aromatic rings. The van der Waals surface area contributed by atoms with Gasteiger partial charge in [0.1, 0.15) is 0 Å². The lowest BCUT2D eigenvalue weighted by Gasteiger charge is -2.54. The Labute approximate surface area is 387 Å². The summed E-state index contributed by atoms with van der Waals surface area (Å²) in [6.07, 6.45) is 0. The molecule has 4 aliphatic heterocycles. The second kappa shape index (κ2) is 14.5. The van der Waals surface area contributed by atoms with Crippen molar-refractivity contribution in [3.63, 3.8) is 0 Å². The van der Waals surface area contributed by atoms with Gasteiger partial charge in [-0.25, -0.2) is 0 Å². The number of hydrogen-bond acceptors (Lipinski definition) is 3. The Balaban J connectivity index is 1.01. The minimum atomic E-state index is -1.96. The standard InChI is InChI=1S/C61H42BN3S/c1-4-21-42(22-5-1)60-46-27-10-16-35-56(46)66(57-36-17-11-28-47(57)60)58-37-18-14-31-51(58)65(52-32-15-19-38-59(52)66)45-39-40-49-55(41-45)64(44-25-8-3-9-26-44)54-34-20-33-53-61(54)62(49)48-29-12-13-30-50(48)63(53)43-23-6-2-7-24-43/h1-41,60H. The van der Waals surface area contributed by atoms with Crippen LogP contribution in [0, 0.1) is 0 Å². The number of hydrogen-bond donors (Lipinski definition) is 0. The fourth-order valence-electron chi connectivity index (χ4n) is 11.8. The highest BCUT2D eigenvalue weighted by atomic mass is 32.3. The SMILES string of the molecule is c1ccc(C2c3ccccc3S3(c4ccccc42)c2ccccc2N(c2ccc4c(c2)N(c2ccccc2)c2cccc5c2B4c2ccccc2N5c2ccccc2)c2ccccc23)cc1. The molecule has 4 aliphatic rings. The normalized spacial score (nSPS) is 15.1. The summed E-state index contributed by atoms with van der Waals surface area (Å²) in [6, 6.07) is 93.2. The van der Waals surface area contributed by atoms with Crippen LogP contribution < -0.4 is 31.1 Å². The zero-order valence-electron chi connectivity index (χ0n) is 36.1. The first-order chi connectivity index (χ1) is 32.8. The summed E-state index contributed by atoms with van der Waals surface area (Å²) >= 11 is 0. The van der Waals surface area contributed by atoms with Crippen LogP contribution in [0.15, 0.2) is 268 Å². The summed E-state index contributed by atoms with van der Waals surface area (Å²) < 4.78 is 0. The van der Waals surface area contributed by atoms with E-state index in [-0.39, 0.29) is 12.6 Å². The lowest BCUT2D eigenvalue weighted by atomic mass is 9.33. The Morgan fingerprint density at radius 2 is 0.727 bits per heavy atom. The van der Waals surface area contributed by atoms with E-state index >= 15 is 0 Å². The van der Waals surface area contributed by atoms with E-state index in [9.17, 15) is 0 Å². The maximum Gasteiger partial charge on any atom is 0.252 e. The van der Waals surface area contributed by atoms with Crippen LogP contribution in [0.3, 0.4) is 0 Å². The van der Waals surface area contributed by atoms with E-state index in [0.29, 0.717) is 0 Å². The van der Waals surface area contributed by atoms with Gasteiger partial charge in [-0.3, -0.25) is 0 Å². The van der Waals surface area contributed by atoms with Crippen LogP contribution in [0.5, 0.6) is 0 Å². The van der Waals surface area contributed by atoms with Gasteiger partial charge in [0.2, 0.25) is 0 Å². The predicted octanol–water partition coefficient (Wildman–Crippen LogP) is 14.4. The van der Waals surface area contributed by atoms with E-state index in [1.807, 2.05) is 0 Å². The number of fused-ring (bicyclic) bond motifs is 12. The molecular formula is C61H42BN3S. The smallest absolute Gasteiger partial charge is 0.252 e. The average Bonchev–Trinajstić information content (AvgIpc) is 3.39. The van der Waals surface area contributed by atoms with Gasteiger partial charge in [-0.15, -0.1) is 10.0 Å². The molecule has 0 radical (unpaired) electrons. The van der Waals surface area contributed by atoms with Crippen LogP contribution in [0.4, 0.5) is 51.2 Å². The first-order valence-corrected chi connectivity index (χ1v) is 24.5. The largest absolute Gasteiger partial charge is 0.311 e. The molecule has 0 fully saturated rings. The Morgan fingerprint density at radius 1 is 0.303 bits per heavy atom. The monoisotopic (exact) mass is 859 g/mol. The maximum atomic E-state index is 2.55. The van der Waals surface area contributed by atoms with Crippen LogP contribution in [0.2, 0.25) is 0 Å². The Morgan fingerprint density at radius 3 is 1.32 bits per heavy atom. The minimum absolute atomic E-state index is 0.0396. The van der Waals surface area contributed by atoms with E-state index in [4.69, 9.17) is 0 Å². The summed E-state index contributed by atoms with van der Waals surface area (Å²) in [5.41, 5.74) is 18.7. The molecule has 0 aliphatic carbocycles. The van der Waals surface area contributed by atoms with E-state index in [1.54, 1.807) is 0 Å². The average molecular weight is 860 g/mol. The van der Waals surface area contributed by atoms with Crippen LogP contribution in [-0.4, -0.2) is 6.71 Å². The minimum Gasteiger partial charge on any atom is -0.311 e. The van der Waals surface area contributed by atoms with Crippen molar-refractivity contribution in [2.45, 2.75) is 25.5 Å². The molecule has 0 unspecified atom stereocenters. The van der Waals surface area contributed by atoms with E-state index in [2.05, 4.69) is 263 Å². The molecule has 310 valence electrons. The summed E-state index contributed by atoms with van der Waals surface area (Å²) in [4.78, 5) is 13.1. The zero-order valence-corrected chi connectivity index (χ0v) is 36.9. The first-order valence-electron chi connectivity index (χ1n) is 22.9. The van der Waals surface area contributed by atoms with Gasteiger partial charge in [-0.05, 0) is 124 Å². The molecular weight excluding hydrogens is 818 g/mol. The molecule has 0 atom stereocenters. The first kappa shape index (κ1) is 37.4. The lowest BCUT2D eigenvalue weighted by molar-refractivity contribution is 0.884. The quantitative estimate of drug-likeness (QED) is 0.163. The second-order valence-corrected chi connectivity index (χ2v) is 20.6. The van der Waals surface area contributed by atoms with Gasteiger partial charge in [0, 0.05) is 65.3 Å². The highest BCUT2D eigenvalue weighted by Gasteiger charge is 2.49. The Bertz CT molecular complexity index is 3440. The van der Waals surface area contributed by atoms with Crippen molar-refractivity contribution in [2.75, 3.05) is 14.7 Å². The molecule has 66 heavy (non-hydrogen) atoms. The topological polar surface area (TPSA) is 9.72 Å². The van der Waals surface area contributed by atoms with Crippen LogP contribution in [0.25, 0.3) is 0 Å². The van der Waals surface area contributed by atoms with Gasteiger partial charge in [0.15, 0.2) is 0 Å². The lowest BCUT2D eigenvalue weighted by Crippen LogP contribution is -2.61. The third-order valence-electron chi connectivity index (χ3n) is 14.3. The molecule has 1 spiro atoms. The van der Waals surface area contributed by atoms with Crippen molar-refractivity contribution in [1.82, 2.24) is 0 Å². The van der Waals surface area contributed by atoms with Crippen LogP contribution >= 0.6 is 10.0 Å². The van der Waals surface area contributed by atoms with Crippen molar-refractivity contribution in [2.24, 2.45) is 0 Å². The number of anilines is 9. The molecule has 0 bridgehead atoms. The van der Waals surface area contributed by atoms with Gasteiger partial charge in [0.25, 0.3) is 6.71 Å². The highest BCUT2D eigenvalue weighted by molar-refractivity contribution is 8.34. The third-order valence-corrected chi connectivity index (χ3v) is 18.4. The summed E-state index contributed by atoms with van der Waals surface area (Å²) in [5, 5.41) is 0. The summed E-state index contributed by atoms with van der Waals surface area (Å²) in [7, 11) is -1.96. The van der Waals surface area contributed by atoms with Gasteiger partial charge in [-0.1, -0.05) is 158 Å². The second-order valence-electron chi connectivity index (χ2n) is 17.6. The number of para-hydroxylation sites is 5. The van der Waals surface area contributed by atoms with E-state index < -0.39 is 10.0 Å². The Kier molecular flexibility index (Phi) is 8.22. The molecule has 0 amide bonds. The van der Waals surface area contributed by atoms with E-state index in [1.165, 1.54) is 86.8 Å². The molecule has 3 nitrogen and oxygen atoms in total. The maximum absolute atomic E-state index is 2.55. The fraction of sp³-hybridized carbons (Fsp3) is 0.0164. The van der Waals surface area contributed by atoms with Crippen LogP contribution in [-0.2, 0) is 0 Å². The number of rotatable bonds is 4. The van der Waals surface area contributed by atoms with Gasteiger partial charge >= 0.3 is 0 Å². The predicted molar refractivity (Wildman–Crippen MR) is 276 cm³/mol. The molecule has 0 saturated heterocycles. The van der Waals surface area contributed by atoms with Gasteiger partial charge < -0.3 is 14.7 Å². The molecule has 10 aromatic carbocycles. The summed E-state index contributed by atoms with van der Waals surface area (Å²) in [6.45, 7) is 0.0396. The van der Waals surface area contributed by atoms with Crippen molar-refractivity contribution in [3.8, 4) is 0 Å². The molecule has 0 saturated carbocycles. The van der Waals surface area contributed by atoms with Crippen molar-refractivity contribution in [1.29, 1.82) is 0 Å². The van der Waals surface area contributed by atoms with Gasteiger partial charge in [0.05, 0.1) is 11.4 Å². The highest BCUT2D eigenvalue weighted by Crippen LogP contribution is 2.83. The zero-order chi connectivity index (χ0) is 43.3. The van der Waals surface area contributed by atoms with Gasteiger partial charge in [-0.2, -0.15) is 0 Å². The number of benzene rings is 10. The molecule has 14 rings (SSSR count). The molecule has 0 N–H and O–H groups in total. The molecule has 4 heterocycles. The van der Waals surface area contributed by atoms with Crippen molar-refractivity contribution >= 4 is 84.3 Å². The van der Waals surface area contributed by atoms with E-state index in [0.717, 1.165) is 17.1 Å². The third kappa shape index (κ3) is 5.12. The summed E-state index contributed by atoms with van der Waals surface area (Å²) in [5.74, 6) is 0.131. The van der Waals surface area contributed by atoms with Crippen molar-refractivity contribution in [3.05, 3.63) is 265 Å².